The number of nitrogens with zero attached hydrogens (tertiary/aromatic N) is 1. The van der Waals surface area contributed by atoms with E-state index in [9.17, 15) is 4.79 Å². The van der Waals surface area contributed by atoms with Crippen molar-refractivity contribution in [1.29, 1.82) is 0 Å². The Hall–Kier alpha value is -1.91. The first-order valence-corrected chi connectivity index (χ1v) is 7.51. The Morgan fingerprint density at radius 1 is 1.23 bits per heavy atom. The van der Waals surface area contributed by atoms with Crippen molar-refractivity contribution in [2.75, 3.05) is 20.8 Å². The van der Waals surface area contributed by atoms with Crippen molar-refractivity contribution in [1.82, 2.24) is 4.90 Å². The summed E-state index contributed by atoms with van der Waals surface area (Å²) in [6.45, 7) is 8.24. The summed E-state index contributed by atoms with van der Waals surface area (Å²) < 4.78 is 16.3. The smallest absolute Gasteiger partial charge is 0.410 e. The third-order valence-electron chi connectivity index (χ3n) is 3.79. The third kappa shape index (κ3) is 3.29. The molecule has 0 bridgehead atoms. The molecule has 5 nitrogen and oxygen atoms in total. The number of carbonyl (C=O) groups excluding carboxylic acids is 1. The van der Waals surface area contributed by atoms with E-state index in [4.69, 9.17) is 14.2 Å². The van der Waals surface area contributed by atoms with E-state index in [-0.39, 0.29) is 12.1 Å². The van der Waals surface area contributed by atoms with E-state index in [1.54, 1.807) is 19.1 Å². The van der Waals surface area contributed by atoms with Crippen LogP contribution in [0.5, 0.6) is 11.5 Å². The van der Waals surface area contributed by atoms with E-state index < -0.39 is 5.60 Å². The fraction of sp³-hybridized carbons (Fsp3) is 0.588. The van der Waals surface area contributed by atoms with Crippen LogP contribution in [0.1, 0.15) is 44.9 Å². The van der Waals surface area contributed by atoms with Crippen LogP contribution in [-0.4, -0.2) is 37.4 Å². The zero-order valence-electron chi connectivity index (χ0n) is 14.2. The van der Waals surface area contributed by atoms with Crippen LogP contribution in [0.2, 0.25) is 0 Å². The van der Waals surface area contributed by atoms with Gasteiger partial charge in [-0.15, -0.1) is 0 Å². The number of rotatable bonds is 2. The van der Waals surface area contributed by atoms with Crippen molar-refractivity contribution in [2.24, 2.45) is 0 Å². The monoisotopic (exact) mass is 307 g/mol. The minimum absolute atomic E-state index is 0.0977. The van der Waals surface area contributed by atoms with Gasteiger partial charge in [0.2, 0.25) is 0 Å². The van der Waals surface area contributed by atoms with Gasteiger partial charge in [-0.1, -0.05) is 0 Å². The normalized spacial score (nSPS) is 17.7. The maximum Gasteiger partial charge on any atom is 0.410 e. The summed E-state index contributed by atoms with van der Waals surface area (Å²) in [6.07, 6.45) is 0.468. The van der Waals surface area contributed by atoms with Crippen LogP contribution in [0.4, 0.5) is 4.79 Å². The van der Waals surface area contributed by atoms with Gasteiger partial charge < -0.3 is 19.1 Å². The second kappa shape index (κ2) is 6.07. The first-order valence-electron chi connectivity index (χ1n) is 7.51. The molecule has 22 heavy (non-hydrogen) atoms. The molecule has 0 saturated carbocycles. The highest BCUT2D eigenvalue weighted by molar-refractivity contribution is 5.70. The molecule has 0 saturated heterocycles. The largest absolute Gasteiger partial charge is 0.497 e. The standard InChI is InChI=1S/C17H25NO4/c1-11-15-12(9-13(20-5)10-14(15)21-6)7-8-18(11)16(19)22-17(2,3)4/h9-11H,7-8H2,1-6H3/t11-/m0/s1. The number of amides is 1. The summed E-state index contributed by atoms with van der Waals surface area (Å²) in [5, 5.41) is 0. The highest BCUT2D eigenvalue weighted by atomic mass is 16.6. The van der Waals surface area contributed by atoms with Gasteiger partial charge in [0.05, 0.1) is 20.3 Å². The molecular weight excluding hydrogens is 282 g/mol. The molecule has 0 radical (unpaired) electrons. The summed E-state index contributed by atoms with van der Waals surface area (Å²) in [5.74, 6) is 1.52. The predicted molar refractivity (Wildman–Crippen MR) is 84.6 cm³/mol. The average molecular weight is 307 g/mol. The van der Waals surface area contributed by atoms with Crippen molar-refractivity contribution in [3.63, 3.8) is 0 Å². The molecule has 122 valence electrons. The van der Waals surface area contributed by atoms with Crippen LogP contribution in [0.25, 0.3) is 0 Å². The van der Waals surface area contributed by atoms with Crippen molar-refractivity contribution in [2.45, 2.75) is 45.8 Å². The molecule has 0 fully saturated rings. The van der Waals surface area contributed by atoms with Gasteiger partial charge >= 0.3 is 6.09 Å². The van der Waals surface area contributed by atoms with E-state index in [1.807, 2.05) is 39.8 Å². The lowest BCUT2D eigenvalue weighted by Crippen LogP contribution is -2.42. The van der Waals surface area contributed by atoms with E-state index >= 15 is 0 Å². The van der Waals surface area contributed by atoms with Gasteiger partial charge in [0, 0.05) is 18.2 Å². The van der Waals surface area contributed by atoms with Crippen molar-refractivity contribution in [3.05, 3.63) is 23.3 Å². The lowest BCUT2D eigenvalue weighted by atomic mass is 9.92. The van der Waals surface area contributed by atoms with Crippen molar-refractivity contribution >= 4 is 6.09 Å². The SMILES string of the molecule is COc1cc2c(c(OC)c1)[C@H](C)N(C(=O)OC(C)(C)C)CC2. The lowest BCUT2D eigenvalue weighted by molar-refractivity contribution is 0.0157. The minimum atomic E-state index is -0.499. The number of hydrogen-bond acceptors (Lipinski definition) is 4. The van der Waals surface area contributed by atoms with Crippen LogP contribution < -0.4 is 9.47 Å². The van der Waals surface area contributed by atoms with Crippen LogP contribution in [0.15, 0.2) is 12.1 Å². The Kier molecular flexibility index (Phi) is 4.54. The molecule has 1 aliphatic heterocycles. The molecule has 1 amide bonds. The van der Waals surface area contributed by atoms with Crippen molar-refractivity contribution < 1.29 is 19.0 Å². The Bertz CT molecular complexity index is 545. The number of benzene rings is 1. The summed E-state index contributed by atoms with van der Waals surface area (Å²) in [7, 11) is 3.27. The van der Waals surface area contributed by atoms with Crippen LogP contribution in [0, 0.1) is 0 Å². The Labute approximate surface area is 132 Å². The molecule has 1 atom stereocenters. The summed E-state index contributed by atoms with van der Waals surface area (Å²) in [5.41, 5.74) is 1.69. The Balaban J connectivity index is 2.33. The molecule has 0 unspecified atom stereocenters. The highest BCUT2D eigenvalue weighted by Gasteiger charge is 2.33. The maximum atomic E-state index is 12.4. The zero-order chi connectivity index (χ0) is 16.5. The molecule has 0 aromatic heterocycles. The predicted octanol–water partition coefficient (Wildman–Crippen LogP) is 3.56. The molecule has 1 aliphatic rings. The van der Waals surface area contributed by atoms with Crippen LogP contribution >= 0.6 is 0 Å². The molecule has 1 heterocycles. The maximum absolute atomic E-state index is 12.4. The topological polar surface area (TPSA) is 48.0 Å². The number of methoxy groups -OCH3 is 2. The number of ether oxygens (including phenoxy) is 3. The van der Waals surface area contributed by atoms with Crippen LogP contribution in [-0.2, 0) is 11.2 Å². The summed E-state index contributed by atoms with van der Waals surface area (Å²) >= 11 is 0. The summed E-state index contributed by atoms with van der Waals surface area (Å²) in [4.78, 5) is 14.1. The molecular formula is C17H25NO4. The minimum Gasteiger partial charge on any atom is -0.497 e. The molecule has 5 heteroatoms. The van der Waals surface area contributed by atoms with E-state index in [0.29, 0.717) is 6.54 Å². The van der Waals surface area contributed by atoms with Gasteiger partial charge in [-0.2, -0.15) is 0 Å². The van der Waals surface area contributed by atoms with E-state index in [0.717, 1.165) is 29.0 Å². The average Bonchev–Trinajstić information content (AvgIpc) is 2.44. The zero-order valence-corrected chi connectivity index (χ0v) is 14.2. The fourth-order valence-electron chi connectivity index (χ4n) is 2.78. The fourth-order valence-corrected chi connectivity index (χ4v) is 2.78. The Morgan fingerprint density at radius 2 is 1.91 bits per heavy atom. The molecule has 0 aliphatic carbocycles. The number of fused-ring (bicyclic) bond motifs is 1. The van der Waals surface area contributed by atoms with E-state index in [1.165, 1.54) is 0 Å². The van der Waals surface area contributed by atoms with Gasteiger partial charge in [-0.05, 0) is 45.7 Å². The number of hydrogen-bond donors (Lipinski definition) is 0. The molecule has 1 aromatic carbocycles. The molecule has 2 rings (SSSR count). The molecule has 0 N–H and O–H groups in total. The molecule has 1 aromatic rings. The molecule has 0 spiro atoms. The lowest BCUT2D eigenvalue weighted by Gasteiger charge is -2.37. The second-order valence-electron chi connectivity index (χ2n) is 6.50. The van der Waals surface area contributed by atoms with Crippen molar-refractivity contribution in [3.8, 4) is 11.5 Å². The van der Waals surface area contributed by atoms with Gasteiger partial charge in [-0.25, -0.2) is 4.79 Å². The van der Waals surface area contributed by atoms with Gasteiger partial charge in [0.25, 0.3) is 0 Å². The highest BCUT2D eigenvalue weighted by Crippen LogP contribution is 2.39. The van der Waals surface area contributed by atoms with Gasteiger partial charge in [0.1, 0.15) is 17.1 Å². The number of carbonyl (C=O) groups is 1. The Morgan fingerprint density at radius 3 is 2.45 bits per heavy atom. The second-order valence-corrected chi connectivity index (χ2v) is 6.50. The van der Waals surface area contributed by atoms with Gasteiger partial charge in [-0.3, -0.25) is 0 Å². The third-order valence-corrected chi connectivity index (χ3v) is 3.79. The quantitative estimate of drug-likeness (QED) is 0.838. The summed E-state index contributed by atoms with van der Waals surface area (Å²) in [6, 6.07) is 3.77. The first-order chi connectivity index (χ1) is 10.3. The van der Waals surface area contributed by atoms with E-state index in [2.05, 4.69) is 0 Å². The van der Waals surface area contributed by atoms with Gasteiger partial charge in [0.15, 0.2) is 0 Å². The first kappa shape index (κ1) is 16.5. The van der Waals surface area contributed by atoms with Crippen LogP contribution in [0.3, 0.4) is 0 Å².